The number of nitrogens with one attached hydrogen (secondary N) is 1. The van der Waals surface area contributed by atoms with Crippen molar-refractivity contribution in [2.75, 3.05) is 0 Å². The lowest BCUT2D eigenvalue weighted by Crippen LogP contribution is -2.18. The number of hydrazone groups is 1. The molecule has 1 aromatic heterocycles. The molecule has 0 aliphatic carbocycles. The van der Waals surface area contributed by atoms with Crippen molar-refractivity contribution < 1.29 is 4.79 Å². The zero-order valence-electron chi connectivity index (χ0n) is 12.7. The van der Waals surface area contributed by atoms with E-state index in [1.807, 2.05) is 36.6 Å². The van der Waals surface area contributed by atoms with Crippen LogP contribution in [0.2, 0.25) is 0 Å². The third-order valence-electron chi connectivity index (χ3n) is 3.01. The maximum Gasteiger partial charge on any atom is 0.271 e. The van der Waals surface area contributed by atoms with Gasteiger partial charge < -0.3 is 0 Å². The number of carbonyl (C=O) groups excluding carboxylic acids is 1. The second-order valence-electron chi connectivity index (χ2n) is 5.82. The van der Waals surface area contributed by atoms with Crippen LogP contribution in [0.1, 0.15) is 47.4 Å². The highest BCUT2D eigenvalue weighted by Gasteiger charge is 2.14. The molecule has 0 bridgehead atoms. The number of amides is 1. The van der Waals surface area contributed by atoms with Crippen LogP contribution in [0, 0.1) is 6.92 Å². The van der Waals surface area contributed by atoms with Crippen molar-refractivity contribution in [2.45, 2.75) is 33.1 Å². The molecule has 0 radical (unpaired) electrons. The van der Waals surface area contributed by atoms with Crippen molar-refractivity contribution in [3.05, 3.63) is 51.5 Å². The molecular formula is C16H19N3OS. The van der Waals surface area contributed by atoms with Gasteiger partial charge in [-0.15, -0.1) is 11.3 Å². The molecule has 0 atom stereocenters. The highest BCUT2D eigenvalue weighted by atomic mass is 32.1. The quantitative estimate of drug-likeness (QED) is 0.696. The summed E-state index contributed by atoms with van der Waals surface area (Å²) in [5.41, 5.74) is 5.13. The molecule has 1 aromatic carbocycles. The van der Waals surface area contributed by atoms with Crippen LogP contribution in [0.3, 0.4) is 0 Å². The fraction of sp³-hybridized carbons (Fsp3) is 0.312. The van der Waals surface area contributed by atoms with Crippen molar-refractivity contribution in [1.82, 2.24) is 10.4 Å². The van der Waals surface area contributed by atoms with E-state index in [0.717, 1.165) is 10.7 Å². The summed E-state index contributed by atoms with van der Waals surface area (Å²) in [6.45, 7) is 8.35. The number of hydrogen-bond acceptors (Lipinski definition) is 4. The Morgan fingerprint density at radius 1 is 1.29 bits per heavy atom. The maximum atomic E-state index is 12.0. The first-order chi connectivity index (χ1) is 9.86. The van der Waals surface area contributed by atoms with Crippen LogP contribution in [-0.2, 0) is 5.41 Å². The molecule has 2 rings (SSSR count). The van der Waals surface area contributed by atoms with Crippen LogP contribution in [0.25, 0.3) is 0 Å². The van der Waals surface area contributed by atoms with E-state index in [0.29, 0.717) is 5.56 Å². The van der Waals surface area contributed by atoms with Crippen LogP contribution in [0.4, 0.5) is 0 Å². The third kappa shape index (κ3) is 4.23. The van der Waals surface area contributed by atoms with E-state index >= 15 is 0 Å². The maximum absolute atomic E-state index is 12.0. The van der Waals surface area contributed by atoms with Crippen molar-refractivity contribution in [2.24, 2.45) is 5.10 Å². The van der Waals surface area contributed by atoms with Gasteiger partial charge in [0.1, 0.15) is 0 Å². The van der Waals surface area contributed by atoms with Gasteiger partial charge in [0.15, 0.2) is 0 Å². The van der Waals surface area contributed by atoms with Crippen molar-refractivity contribution >= 4 is 23.5 Å². The van der Waals surface area contributed by atoms with Crippen LogP contribution < -0.4 is 5.43 Å². The van der Waals surface area contributed by atoms with E-state index in [-0.39, 0.29) is 11.3 Å². The summed E-state index contributed by atoms with van der Waals surface area (Å²) in [6.07, 6.45) is 1.55. The molecule has 1 amide bonds. The average Bonchev–Trinajstić information content (AvgIpc) is 2.83. The lowest BCUT2D eigenvalue weighted by Gasteiger charge is -2.18. The molecule has 0 saturated heterocycles. The lowest BCUT2D eigenvalue weighted by atomic mass is 9.87. The molecule has 0 unspecified atom stereocenters. The number of aryl methyl sites for hydroxylation is 1. The first-order valence-electron chi connectivity index (χ1n) is 6.72. The van der Waals surface area contributed by atoms with Gasteiger partial charge in [-0.05, 0) is 30.0 Å². The van der Waals surface area contributed by atoms with Gasteiger partial charge in [0.25, 0.3) is 5.91 Å². The summed E-state index contributed by atoms with van der Waals surface area (Å²) in [7, 11) is 0. The molecule has 1 heterocycles. The molecule has 0 spiro atoms. The van der Waals surface area contributed by atoms with Gasteiger partial charge in [0.2, 0.25) is 0 Å². The van der Waals surface area contributed by atoms with E-state index in [2.05, 4.69) is 36.3 Å². The van der Waals surface area contributed by atoms with E-state index in [1.165, 1.54) is 5.56 Å². The SMILES string of the molecule is Cc1nc(/C=N\NC(=O)c2ccc(C(C)(C)C)cc2)cs1. The monoisotopic (exact) mass is 301 g/mol. The molecule has 0 saturated carbocycles. The highest BCUT2D eigenvalue weighted by Crippen LogP contribution is 2.22. The van der Waals surface area contributed by atoms with Crippen LogP contribution in [-0.4, -0.2) is 17.1 Å². The molecule has 110 valence electrons. The van der Waals surface area contributed by atoms with Gasteiger partial charge in [-0.1, -0.05) is 32.9 Å². The molecule has 4 nitrogen and oxygen atoms in total. The first kappa shape index (κ1) is 15.4. The van der Waals surface area contributed by atoms with Gasteiger partial charge in [-0.3, -0.25) is 4.79 Å². The zero-order valence-corrected chi connectivity index (χ0v) is 13.5. The number of nitrogens with zero attached hydrogens (tertiary/aromatic N) is 2. The Morgan fingerprint density at radius 3 is 2.48 bits per heavy atom. The van der Waals surface area contributed by atoms with E-state index in [9.17, 15) is 4.79 Å². The third-order valence-corrected chi connectivity index (χ3v) is 3.80. The second-order valence-corrected chi connectivity index (χ2v) is 6.88. The van der Waals surface area contributed by atoms with Gasteiger partial charge in [-0.25, -0.2) is 10.4 Å². The number of aromatic nitrogens is 1. The normalized spacial score (nSPS) is 11.8. The minimum Gasteiger partial charge on any atom is -0.267 e. The predicted octanol–water partition coefficient (Wildman–Crippen LogP) is 3.51. The molecule has 0 aliphatic rings. The molecule has 0 aliphatic heterocycles. The molecule has 1 N–H and O–H groups in total. The predicted molar refractivity (Wildman–Crippen MR) is 87.1 cm³/mol. The van der Waals surface area contributed by atoms with Crippen molar-refractivity contribution in [3.8, 4) is 0 Å². The van der Waals surface area contributed by atoms with E-state index in [4.69, 9.17) is 0 Å². The summed E-state index contributed by atoms with van der Waals surface area (Å²) < 4.78 is 0. The highest BCUT2D eigenvalue weighted by molar-refractivity contribution is 7.09. The Hall–Kier alpha value is -2.01. The fourth-order valence-electron chi connectivity index (χ4n) is 1.78. The number of rotatable bonds is 3. The Labute approximate surface area is 128 Å². The summed E-state index contributed by atoms with van der Waals surface area (Å²) in [5.74, 6) is -0.223. The number of thiazole rings is 1. The Morgan fingerprint density at radius 2 is 1.95 bits per heavy atom. The van der Waals surface area contributed by atoms with Crippen LogP contribution >= 0.6 is 11.3 Å². The van der Waals surface area contributed by atoms with Gasteiger partial charge in [0.05, 0.1) is 16.9 Å². The Bertz CT molecular complexity index is 651. The molecule has 0 fully saturated rings. The van der Waals surface area contributed by atoms with Gasteiger partial charge in [-0.2, -0.15) is 5.10 Å². The fourth-order valence-corrected chi connectivity index (χ4v) is 2.35. The lowest BCUT2D eigenvalue weighted by molar-refractivity contribution is 0.0955. The zero-order chi connectivity index (χ0) is 15.5. The summed E-state index contributed by atoms with van der Waals surface area (Å²) in [5, 5.41) is 6.79. The molecule has 2 aromatic rings. The second kappa shape index (κ2) is 6.18. The van der Waals surface area contributed by atoms with Crippen LogP contribution in [0.15, 0.2) is 34.7 Å². The summed E-state index contributed by atoms with van der Waals surface area (Å²) in [6, 6.07) is 7.59. The smallest absolute Gasteiger partial charge is 0.267 e. The number of benzene rings is 1. The summed E-state index contributed by atoms with van der Waals surface area (Å²) >= 11 is 1.55. The Kier molecular flexibility index (Phi) is 4.53. The summed E-state index contributed by atoms with van der Waals surface area (Å²) in [4.78, 5) is 16.2. The Balaban J connectivity index is 1.99. The van der Waals surface area contributed by atoms with Gasteiger partial charge in [0, 0.05) is 10.9 Å². The molecular weight excluding hydrogens is 282 g/mol. The van der Waals surface area contributed by atoms with Crippen molar-refractivity contribution in [3.63, 3.8) is 0 Å². The minimum atomic E-state index is -0.223. The standard InChI is InChI=1S/C16H19N3OS/c1-11-18-14(10-21-11)9-17-19-15(20)12-5-7-13(8-6-12)16(2,3)4/h5-10H,1-4H3,(H,19,20)/b17-9-. The average molecular weight is 301 g/mol. The molecule has 5 heteroatoms. The van der Waals surface area contributed by atoms with E-state index in [1.54, 1.807) is 17.6 Å². The van der Waals surface area contributed by atoms with Crippen LogP contribution in [0.5, 0.6) is 0 Å². The topological polar surface area (TPSA) is 54.4 Å². The molecule has 21 heavy (non-hydrogen) atoms. The van der Waals surface area contributed by atoms with Gasteiger partial charge >= 0.3 is 0 Å². The number of hydrogen-bond donors (Lipinski definition) is 1. The van der Waals surface area contributed by atoms with E-state index < -0.39 is 0 Å². The number of carbonyl (C=O) groups is 1. The first-order valence-corrected chi connectivity index (χ1v) is 7.60. The minimum absolute atomic E-state index is 0.0790. The largest absolute Gasteiger partial charge is 0.271 e. The van der Waals surface area contributed by atoms with Crippen molar-refractivity contribution in [1.29, 1.82) is 0 Å².